The third-order valence-electron chi connectivity index (χ3n) is 3.65. The van der Waals surface area contributed by atoms with Gasteiger partial charge in [0.2, 0.25) is 0 Å². The van der Waals surface area contributed by atoms with Crippen LogP contribution in [0.15, 0.2) is 29.8 Å². The Kier molecular flexibility index (Phi) is 3.24. The van der Waals surface area contributed by atoms with Gasteiger partial charge in [0.1, 0.15) is 13.2 Å². The van der Waals surface area contributed by atoms with E-state index in [2.05, 4.69) is 6.08 Å². The van der Waals surface area contributed by atoms with E-state index in [0.717, 1.165) is 29.9 Å². The molecule has 0 saturated carbocycles. The summed E-state index contributed by atoms with van der Waals surface area (Å²) < 4.78 is 11.1. The maximum atomic E-state index is 6.34. The van der Waals surface area contributed by atoms with Gasteiger partial charge in [-0.1, -0.05) is 17.7 Å². The van der Waals surface area contributed by atoms with E-state index in [-0.39, 0.29) is 6.04 Å². The van der Waals surface area contributed by atoms with Crippen molar-refractivity contribution in [1.29, 1.82) is 0 Å². The second kappa shape index (κ2) is 5.02. The zero-order chi connectivity index (χ0) is 12.4. The molecule has 1 aliphatic carbocycles. The van der Waals surface area contributed by atoms with E-state index < -0.39 is 0 Å². The van der Waals surface area contributed by atoms with Crippen LogP contribution in [0.1, 0.15) is 37.3 Å². The largest absolute Gasteiger partial charge is 0.486 e. The topological polar surface area (TPSA) is 44.5 Å². The quantitative estimate of drug-likeness (QED) is 0.815. The lowest BCUT2D eigenvalue weighted by Crippen LogP contribution is -2.18. The van der Waals surface area contributed by atoms with Crippen molar-refractivity contribution in [3.63, 3.8) is 0 Å². The van der Waals surface area contributed by atoms with Gasteiger partial charge in [0.25, 0.3) is 0 Å². The average Bonchev–Trinajstić information content (AvgIpc) is 2.47. The van der Waals surface area contributed by atoms with Gasteiger partial charge in [0.05, 0.1) is 6.04 Å². The van der Waals surface area contributed by atoms with Crippen molar-refractivity contribution in [2.45, 2.75) is 31.7 Å². The lowest BCUT2D eigenvalue weighted by Gasteiger charge is -2.23. The van der Waals surface area contributed by atoms with Crippen LogP contribution in [-0.2, 0) is 0 Å². The van der Waals surface area contributed by atoms with E-state index in [0.29, 0.717) is 13.2 Å². The molecule has 1 aromatic carbocycles. The monoisotopic (exact) mass is 245 g/mol. The van der Waals surface area contributed by atoms with E-state index in [9.17, 15) is 0 Å². The summed E-state index contributed by atoms with van der Waals surface area (Å²) >= 11 is 0. The van der Waals surface area contributed by atoms with Crippen molar-refractivity contribution in [3.8, 4) is 11.5 Å². The molecular formula is C15H19NO2. The Bertz CT molecular complexity index is 468. The molecule has 1 unspecified atom stereocenters. The Balaban J connectivity index is 1.85. The predicted molar refractivity (Wildman–Crippen MR) is 70.9 cm³/mol. The van der Waals surface area contributed by atoms with Gasteiger partial charge in [-0.25, -0.2) is 0 Å². The Morgan fingerprint density at radius 3 is 2.67 bits per heavy atom. The van der Waals surface area contributed by atoms with Gasteiger partial charge in [-0.3, -0.25) is 0 Å². The van der Waals surface area contributed by atoms with E-state index in [4.69, 9.17) is 15.2 Å². The Labute approximate surface area is 108 Å². The van der Waals surface area contributed by atoms with Gasteiger partial charge in [-0.2, -0.15) is 0 Å². The van der Waals surface area contributed by atoms with E-state index in [1.54, 1.807) is 0 Å². The van der Waals surface area contributed by atoms with Crippen molar-refractivity contribution in [2.24, 2.45) is 5.73 Å². The molecule has 0 saturated heterocycles. The van der Waals surface area contributed by atoms with Crippen LogP contribution in [0, 0.1) is 0 Å². The molecule has 1 heterocycles. The van der Waals surface area contributed by atoms with Gasteiger partial charge >= 0.3 is 0 Å². The molecule has 18 heavy (non-hydrogen) atoms. The molecule has 2 aliphatic rings. The fraction of sp³-hybridized carbons (Fsp3) is 0.467. The molecule has 0 aromatic heterocycles. The summed E-state index contributed by atoms with van der Waals surface area (Å²) in [6.45, 7) is 1.25. The van der Waals surface area contributed by atoms with Crippen molar-refractivity contribution in [1.82, 2.24) is 0 Å². The van der Waals surface area contributed by atoms with Crippen LogP contribution in [0.3, 0.4) is 0 Å². The highest BCUT2D eigenvalue weighted by Gasteiger charge is 2.18. The smallest absolute Gasteiger partial charge is 0.161 e. The second-order valence-electron chi connectivity index (χ2n) is 4.91. The first-order valence-electron chi connectivity index (χ1n) is 6.68. The van der Waals surface area contributed by atoms with Crippen molar-refractivity contribution < 1.29 is 9.47 Å². The van der Waals surface area contributed by atoms with Crippen molar-refractivity contribution in [2.75, 3.05) is 13.2 Å². The van der Waals surface area contributed by atoms with Crippen LogP contribution in [0.4, 0.5) is 0 Å². The number of fused-ring (bicyclic) bond motifs is 1. The molecule has 0 bridgehead atoms. The Morgan fingerprint density at radius 1 is 1.06 bits per heavy atom. The number of rotatable bonds is 2. The highest BCUT2D eigenvalue weighted by molar-refractivity contribution is 5.46. The lowest BCUT2D eigenvalue weighted by molar-refractivity contribution is 0.171. The van der Waals surface area contributed by atoms with E-state index in [1.165, 1.54) is 18.4 Å². The molecule has 0 fully saturated rings. The maximum Gasteiger partial charge on any atom is 0.161 e. The number of hydrogen-bond acceptors (Lipinski definition) is 3. The first kappa shape index (κ1) is 11.6. The molecule has 96 valence electrons. The highest BCUT2D eigenvalue weighted by Crippen LogP contribution is 2.35. The van der Waals surface area contributed by atoms with Crippen LogP contribution in [0.5, 0.6) is 11.5 Å². The van der Waals surface area contributed by atoms with Gasteiger partial charge < -0.3 is 15.2 Å². The van der Waals surface area contributed by atoms with Crippen LogP contribution in [0.25, 0.3) is 0 Å². The molecule has 0 amide bonds. The summed E-state index contributed by atoms with van der Waals surface area (Å²) in [5, 5.41) is 0. The fourth-order valence-corrected chi connectivity index (χ4v) is 2.61. The fourth-order valence-electron chi connectivity index (χ4n) is 2.61. The zero-order valence-electron chi connectivity index (χ0n) is 10.5. The standard InChI is InChI=1S/C15H19NO2/c16-15(11-4-2-1-3-5-11)12-6-7-13-14(10-12)18-9-8-17-13/h4,6-7,10,15H,1-3,5,8-9,16H2. The minimum absolute atomic E-state index is 0.00104. The molecule has 0 spiro atoms. The van der Waals surface area contributed by atoms with Gasteiger partial charge in [-0.15, -0.1) is 0 Å². The number of allylic oxidation sites excluding steroid dienone is 1. The second-order valence-corrected chi connectivity index (χ2v) is 4.91. The molecule has 1 aromatic rings. The van der Waals surface area contributed by atoms with E-state index in [1.807, 2.05) is 18.2 Å². The molecule has 0 radical (unpaired) electrons. The third kappa shape index (κ3) is 2.23. The summed E-state index contributed by atoms with van der Waals surface area (Å²) in [4.78, 5) is 0. The Hall–Kier alpha value is -1.48. The normalized spacial score (nSPS) is 20.2. The minimum atomic E-state index is 0.00104. The number of hydrogen-bond donors (Lipinski definition) is 1. The van der Waals surface area contributed by atoms with Gasteiger partial charge in [-0.05, 0) is 43.4 Å². The van der Waals surface area contributed by atoms with Crippen LogP contribution in [-0.4, -0.2) is 13.2 Å². The average molecular weight is 245 g/mol. The number of nitrogens with two attached hydrogens (primary N) is 1. The van der Waals surface area contributed by atoms with Crippen molar-refractivity contribution in [3.05, 3.63) is 35.4 Å². The lowest BCUT2D eigenvalue weighted by atomic mass is 9.90. The van der Waals surface area contributed by atoms with Gasteiger partial charge in [0, 0.05) is 0 Å². The van der Waals surface area contributed by atoms with Crippen LogP contribution >= 0.6 is 0 Å². The summed E-state index contributed by atoms with van der Waals surface area (Å²) in [7, 11) is 0. The first-order chi connectivity index (χ1) is 8.84. The summed E-state index contributed by atoms with van der Waals surface area (Å²) in [5.41, 5.74) is 8.82. The molecule has 1 aliphatic heterocycles. The summed E-state index contributed by atoms with van der Waals surface area (Å²) in [6.07, 6.45) is 7.12. The third-order valence-corrected chi connectivity index (χ3v) is 3.65. The number of benzene rings is 1. The van der Waals surface area contributed by atoms with Crippen LogP contribution in [0.2, 0.25) is 0 Å². The molecule has 3 rings (SSSR count). The number of ether oxygens (including phenoxy) is 2. The molecular weight excluding hydrogens is 226 g/mol. The minimum Gasteiger partial charge on any atom is -0.486 e. The van der Waals surface area contributed by atoms with Gasteiger partial charge in [0.15, 0.2) is 11.5 Å². The Morgan fingerprint density at radius 2 is 1.89 bits per heavy atom. The van der Waals surface area contributed by atoms with Crippen molar-refractivity contribution >= 4 is 0 Å². The van der Waals surface area contributed by atoms with E-state index >= 15 is 0 Å². The highest BCUT2D eigenvalue weighted by atomic mass is 16.6. The summed E-state index contributed by atoms with van der Waals surface area (Å²) in [5.74, 6) is 1.65. The SMILES string of the molecule is NC(C1=CCCCC1)c1ccc2c(c1)OCCO2. The molecule has 3 nitrogen and oxygen atoms in total. The molecule has 1 atom stereocenters. The zero-order valence-corrected chi connectivity index (χ0v) is 10.5. The predicted octanol–water partition coefficient (Wildman–Crippen LogP) is 2.96. The summed E-state index contributed by atoms with van der Waals surface area (Å²) in [6, 6.07) is 6.04. The molecule has 3 heteroatoms. The molecule has 2 N–H and O–H groups in total. The van der Waals surface area contributed by atoms with Crippen LogP contribution < -0.4 is 15.2 Å². The first-order valence-corrected chi connectivity index (χ1v) is 6.68. The maximum absolute atomic E-state index is 6.34.